The summed E-state index contributed by atoms with van der Waals surface area (Å²) in [6.07, 6.45) is 1.23. The first kappa shape index (κ1) is 23.8. The third-order valence-electron chi connectivity index (χ3n) is 4.57. The number of non-ortho nitro benzene ring substituents is 1. The van der Waals surface area contributed by atoms with E-state index in [1.54, 1.807) is 0 Å². The number of esters is 1. The number of amides is 2. The van der Waals surface area contributed by atoms with Crippen molar-refractivity contribution < 1.29 is 28.4 Å². The van der Waals surface area contributed by atoms with Crippen molar-refractivity contribution in [3.8, 4) is 0 Å². The standard InChI is InChI=1S/C24H18FN3O6/c1-34-24(31)16-9-11-17(12-10-16)26-23(30)21(14-15-5-4-6-18(13-15)28(32)33)27-22(29)19-7-2-3-8-20(19)25/h2-14H,1H3,(H,26,30)(H,27,29)/b21-14-. The lowest BCUT2D eigenvalue weighted by molar-refractivity contribution is -0.384. The van der Waals surface area contributed by atoms with E-state index in [1.807, 2.05) is 0 Å². The van der Waals surface area contributed by atoms with Crippen LogP contribution in [0.1, 0.15) is 26.3 Å². The van der Waals surface area contributed by atoms with E-state index >= 15 is 0 Å². The number of anilines is 1. The van der Waals surface area contributed by atoms with Crippen molar-refractivity contribution in [1.82, 2.24) is 5.32 Å². The molecule has 0 atom stereocenters. The lowest BCUT2D eigenvalue weighted by atomic mass is 10.1. The van der Waals surface area contributed by atoms with E-state index in [1.165, 1.54) is 79.9 Å². The van der Waals surface area contributed by atoms with Crippen LogP contribution in [0.25, 0.3) is 6.08 Å². The number of benzene rings is 3. The Morgan fingerprint density at radius 3 is 2.35 bits per heavy atom. The van der Waals surface area contributed by atoms with Gasteiger partial charge in [0.05, 0.1) is 23.2 Å². The molecule has 3 rings (SSSR count). The Bertz CT molecular complexity index is 1290. The summed E-state index contributed by atoms with van der Waals surface area (Å²) in [6, 6.07) is 16.4. The van der Waals surface area contributed by atoms with Crippen LogP contribution in [0.2, 0.25) is 0 Å². The summed E-state index contributed by atoms with van der Waals surface area (Å²) in [5.41, 5.74) is 0.0264. The van der Waals surface area contributed by atoms with Gasteiger partial charge in [-0.25, -0.2) is 9.18 Å². The predicted molar refractivity (Wildman–Crippen MR) is 121 cm³/mol. The van der Waals surface area contributed by atoms with Crippen molar-refractivity contribution in [3.05, 3.63) is 111 Å². The summed E-state index contributed by atoms with van der Waals surface area (Å²) >= 11 is 0. The molecule has 0 spiro atoms. The van der Waals surface area contributed by atoms with Gasteiger partial charge in [-0.2, -0.15) is 0 Å². The minimum absolute atomic E-state index is 0.215. The minimum Gasteiger partial charge on any atom is -0.465 e. The number of methoxy groups -OCH3 is 1. The fourth-order valence-corrected chi connectivity index (χ4v) is 2.89. The molecule has 0 aliphatic heterocycles. The van der Waals surface area contributed by atoms with Crippen LogP contribution in [0, 0.1) is 15.9 Å². The predicted octanol–water partition coefficient (Wildman–Crippen LogP) is 3.93. The molecular formula is C24H18FN3O6. The number of carbonyl (C=O) groups excluding carboxylic acids is 3. The number of carbonyl (C=O) groups is 3. The molecule has 2 N–H and O–H groups in total. The third kappa shape index (κ3) is 5.88. The number of rotatable bonds is 7. The normalized spacial score (nSPS) is 10.8. The van der Waals surface area contributed by atoms with Crippen LogP contribution in [0.3, 0.4) is 0 Å². The maximum atomic E-state index is 14.0. The second kappa shape index (κ2) is 10.6. The number of hydrogen-bond acceptors (Lipinski definition) is 6. The molecule has 10 heteroatoms. The van der Waals surface area contributed by atoms with Gasteiger partial charge in [-0.1, -0.05) is 24.3 Å². The van der Waals surface area contributed by atoms with E-state index in [0.717, 1.165) is 6.07 Å². The van der Waals surface area contributed by atoms with Gasteiger partial charge in [0, 0.05) is 17.8 Å². The van der Waals surface area contributed by atoms with Crippen LogP contribution in [0.5, 0.6) is 0 Å². The topological polar surface area (TPSA) is 128 Å². The first-order valence-electron chi connectivity index (χ1n) is 9.80. The average Bonchev–Trinajstić information content (AvgIpc) is 2.84. The van der Waals surface area contributed by atoms with Gasteiger partial charge < -0.3 is 15.4 Å². The molecule has 0 aromatic heterocycles. The van der Waals surface area contributed by atoms with Gasteiger partial charge in [0.2, 0.25) is 0 Å². The first-order valence-corrected chi connectivity index (χ1v) is 9.80. The molecule has 0 radical (unpaired) electrons. The summed E-state index contributed by atoms with van der Waals surface area (Å²) in [6.45, 7) is 0. The van der Waals surface area contributed by atoms with Crippen molar-refractivity contribution in [3.63, 3.8) is 0 Å². The van der Waals surface area contributed by atoms with Crippen LogP contribution < -0.4 is 10.6 Å². The monoisotopic (exact) mass is 463 g/mol. The number of hydrogen-bond donors (Lipinski definition) is 2. The maximum Gasteiger partial charge on any atom is 0.337 e. The minimum atomic E-state index is -0.883. The smallest absolute Gasteiger partial charge is 0.337 e. The van der Waals surface area contributed by atoms with Crippen LogP contribution in [0.15, 0.2) is 78.5 Å². The molecule has 2 amide bonds. The summed E-state index contributed by atoms with van der Waals surface area (Å²) < 4.78 is 18.7. The molecule has 3 aromatic rings. The highest BCUT2D eigenvalue weighted by Gasteiger charge is 2.18. The largest absolute Gasteiger partial charge is 0.465 e. The Labute approximate surface area is 193 Å². The molecule has 34 heavy (non-hydrogen) atoms. The maximum absolute atomic E-state index is 14.0. The van der Waals surface area contributed by atoms with Crippen LogP contribution >= 0.6 is 0 Å². The molecule has 0 saturated carbocycles. The van der Waals surface area contributed by atoms with E-state index in [0.29, 0.717) is 5.69 Å². The number of nitrogens with one attached hydrogen (secondary N) is 2. The number of nitrogens with zero attached hydrogens (tertiary/aromatic N) is 1. The lowest BCUT2D eigenvalue weighted by Gasteiger charge is -2.12. The quantitative estimate of drug-likeness (QED) is 0.237. The van der Waals surface area contributed by atoms with E-state index in [2.05, 4.69) is 15.4 Å². The van der Waals surface area contributed by atoms with Gasteiger partial charge in [0.1, 0.15) is 11.5 Å². The highest BCUT2D eigenvalue weighted by molar-refractivity contribution is 6.10. The molecule has 9 nitrogen and oxygen atoms in total. The van der Waals surface area contributed by atoms with Gasteiger partial charge >= 0.3 is 5.97 Å². The molecule has 172 valence electrons. The highest BCUT2D eigenvalue weighted by atomic mass is 19.1. The zero-order valence-corrected chi connectivity index (χ0v) is 17.8. The van der Waals surface area contributed by atoms with Gasteiger partial charge in [-0.05, 0) is 48.0 Å². The second-order valence-electron chi connectivity index (χ2n) is 6.87. The Balaban J connectivity index is 1.92. The van der Waals surface area contributed by atoms with Crippen molar-refractivity contribution in [2.75, 3.05) is 12.4 Å². The summed E-state index contributed by atoms with van der Waals surface area (Å²) in [7, 11) is 1.24. The Morgan fingerprint density at radius 2 is 1.71 bits per heavy atom. The number of halogens is 1. The van der Waals surface area contributed by atoms with Crippen molar-refractivity contribution in [2.45, 2.75) is 0 Å². The van der Waals surface area contributed by atoms with Crippen molar-refractivity contribution >= 4 is 35.2 Å². The number of ether oxygens (including phenoxy) is 1. The fourth-order valence-electron chi connectivity index (χ4n) is 2.89. The number of nitro groups is 1. The third-order valence-corrected chi connectivity index (χ3v) is 4.57. The molecule has 0 fully saturated rings. The van der Waals surface area contributed by atoms with Crippen LogP contribution in [0.4, 0.5) is 15.8 Å². The summed E-state index contributed by atoms with van der Waals surface area (Å²) in [5.74, 6) is -3.00. The molecular weight excluding hydrogens is 445 g/mol. The van der Waals surface area contributed by atoms with Crippen LogP contribution in [-0.4, -0.2) is 29.8 Å². The van der Waals surface area contributed by atoms with E-state index < -0.39 is 28.5 Å². The fraction of sp³-hybridized carbons (Fsp3) is 0.0417. The highest BCUT2D eigenvalue weighted by Crippen LogP contribution is 2.17. The summed E-state index contributed by atoms with van der Waals surface area (Å²) in [5, 5.41) is 16.0. The molecule has 3 aromatic carbocycles. The molecule has 0 heterocycles. The van der Waals surface area contributed by atoms with E-state index in [9.17, 15) is 28.9 Å². The summed E-state index contributed by atoms with van der Waals surface area (Å²) in [4.78, 5) is 47.6. The van der Waals surface area contributed by atoms with Gasteiger partial charge in [-0.3, -0.25) is 19.7 Å². The van der Waals surface area contributed by atoms with Gasteiger partial charge in [0.25, 0.3) is 17.5 Å². The van der Waals surface area contributed by atoms with Crippen molar-refractivity contribution in [1.29, 1.82) is 0 Å². The Hall–Kier alpha value is -4.86. The zero-order chi connectivity index (χ0) is 24.7. The van der Waals surface area contributed by atoms with E-state index in [4.69, 9.17) is 0 Å². The van der Waals surface area contributed by atoms with E-state index in [-0.39, 0.29) is 28.1 Å². The molecule has 0 aliphatic rings. The molecule has 0 saturated heterocycles. The SMILES string of the molecule is COC(=O)c1ccc(NC(=O)/C(=C/c2cccc([N+](=O)[O-])c2)NC(=O)c2ccccc2F)cc1. The van der Waals surface area contributed by atoms with Gasteiger partial charge in [-0.15, -0.1) is 0 Å². The lowest BCUT2D eigenvalue weighted by Crippen LogP contribution is -2.31. The zero-order valence-electron chi connectivity index (χ0n) is 17.8. The molecule has 0 aliphatic carbocycles. The first-order chi connectivity index (χ1) is 16.3. The average molecular weight is 463 g/mol. The molecule has 0 unspecified atom stereocenters. The second-order valence-corrected chi connectivity index (χ2v) is 6.87. The van der Waals surface area contributed by atoms with Crippen molar-refractivity contribution in [2.24, 2.45) is 0 Å². The van der Waals surface area contributed by atoms with Gasteiger partial charge in [0.15, 0.2) is 0 Å². The molecule has 0 bridgehead atoms. The number of nitro benzene ring substituents is 1. The van der Waals surface area contributed by atoms with Crippen LogP contribution in [-0.2, 0) is 9.53 Å². The Kier molecular flexibility index (Phi) is 7.45. The Morgan fingerprint density at radius 1 is 1.00 bits per heavy atom.